The molecule has 1 heterocycles. The van der Waals surface area contributed by atoms with E-state index in [9.17, 15) is 0 Å². The zero-order valence-electron chi connectivity index (χ0n) is 10.8. The van der Waals surface area contributed by atoms with Gasteiger partial charge in [0.05, 0.1) is 7.11 Å². The van der Waals surface area contributed by atoms with Gasteiger partial charge in [-0.1, -0.05) is 31.2 Å². The van der Waals surface area contributed by atoms with E-state index in [1.807, 2.05) is 18.2 Å². The molecule has 2 rings (SSSR count). The lowest BCUT2D eigenvalue weighted by molar-refractivity contribution is 0.405. The minimum Gasteiger partial charge on any atom is -0.496 e. The Bertz CT molecular complexity index is 467. The second kappa shape index (κ2) is 6.57. The van der Waals surface area contributed by atoms with Crippen LogP contribution in [0.15, 0.2) is 41.8 Å². The molecule has 1 atom stereocenters. The van der Waals surface area contributed by atoms with E-state index in [1.54, 1.807) is 18.4 Å². The van der Waals surface area contributed by atoms with Gasteiger partial charge >= 0.3 is 0 Å². The van der Waals surface area contributed by atoms with E-state index in [0.717, 1.165) is 18.7 Å². The van der Waals surface area contributed by atoms with Gasteiger partial charge in [0.1, 0.15) is 5.75 Å². The molecule has 1 N–H and O–H groups in total. The second-order valence-corrected chi connectivity index (χ2v) is 5.15. The van der Waals surface area contributed by atoms with Crippen LogP contribution in [0.25, 0.3) is 0 Å². The molecule has 0 fully saturated rings. The molecule has 0 saturated carbocycles. The summed E-state index contributed by atoms with van der Waals surface area (Å²) < 4.78 is 5.36. The van der Waals surface area contributed by atoms with Gasteiger partial charge in [0.2, 0.25) is 0 Å². The summed E-state index contributed by atoms with van der Waals surface area (Å²) in [7, 11) is 1.72. The Morgan fingerprint density at radius 1 is 1.22 bits per heavy atom. The average molecular weight is 261 g/mol. The number of para-hydroxylation sites is 1. The molecule has 0 aliphatic heterocycles. The largest absolute Gasteiger partial charge is 0.496 e. The van der Waals surface area contributed by atoms with E-state index >= 15 is 0 Å². The maximum absolute atomic E-state index is 5.36. The molecule has 0 bridgehead atoms. The standard InChI is InChI=1S/C15H19NOS/c1-3-13(15-9-6-10-18-15)16-11-12-7-4-5-8-14(12)17-2/h4-10,13,16H,3,11H2,1-2H3. The summed E-state index contributed by atoms with van der Waals surface area (Å²) in [5.74, 6) is 0.950. The van der Waals surface area contributed by atoms with E-state index in [-0.39, 0.29) is 0 Å². The Morgan fingerprint density at radius 3 is 2.72 bits per heavy atom. The lowest BCUT2D eigenvalue weighted by Crippen LogP contribution is -2.19. The summed E-state index contributed by atoms with van der Waals surface area (Å²) in [5.41, 5.74) is 1.20. The van der Waals surface area contributed by atoms with Crippen LogP contribution in [-0.2, 0) is 6.54 Å². The van der Waals surface area contributed by atoms with Crippen LogP contribution >= 0.6 is 11.3 Å². The molecular formula is C15H19NOS. The number of methoxy groups -OCH3 is 1. The first kappa shape index (κ1) is 13.1. The Balaban J connectivity index is 2.02. The first-order valence-corrected chi connectivity index (χ1v) is 7.11. The second-order valence-electron chi connectivity index (χ2n) is 4.17. The van der Waals surface area contributed by atoms with Crippen LogP contribution < -0.4 is 10.1 Å². The summed E-state index contributed by atoms with van der Waals surface area (Å²) in [4.78, 5) is 1.40. The number of nitrogens with one attached hydrogen (secondary N) is 1. The van der Waals surface area contributed by atoms with Gasteiger partial charge in [-0.25, -0.2) is 0 Å². The van der Waals surface area contributed by atoms with Crippen LogP contribution in [-0.4, -0.2) is 7.11 Å². The van der Waals surface area contributed by atoms with Gasteiger partial charge in [0, 0.05) is 23.0 Å². The summed E-state index contributed by atoms with van der Waals surface area (Å²) in [6.45, 7) is 3.04. The normalized spacial score (nSPS) is 12.3. The fraction of sp³-hybridized carbons (Fsp3) is 0.333. The summed E-state index contributed by atoms with van der Waals surface area (Å²) >= 11 is 1.81. The van der Waals surface area contributed by atoms with Crippen molar-refractivity contribution in [3.63, 3.8) is 0 Å². The molecule has 0 aliphatic carbocycles. The number of thiophene rings is 1. The molecule has 0 amide bonds. The maximum Gasteiger partial charge on any atom is 0.123 e. The summed E-state index contributed by atoms with van der Waals surface area (Å²) in [6.07, 6.45) is 1.09. The molecule has 1 aromatic heterocycles. The number of hydrogen-bond acceptors (Lipinski definition) is 3. The van der Waals surface area contributed by atoms with Crippen LogP contribution in [0, 0.1) is 0 Å². The van der Waals surface area contributed by atoms with Gasteiger partial charge in [-0.2, -0.15) is 0 Å². The lowest BCUT2D eigenvalue weighted by Gasteiger charge is -2.16. The number of benzene rings is 1. The van der Waals surface area contributed by atoms with Gasteiger partial charge in [0.25, 0.3) is 0 Å². The molecule has 0 spiro atoms. The lowest BCUT2D eigenvalue weighted by atomic mass is 10.1. The number of hydrogen-bond donors (Lipinski definition) is 1. The zero-order chi connectivity index (χ0) is 12.8. The first-order valence-electron chi connectivity index (χ1n) is 6.23. The molecule has 96 valence electrons. The molecule has 3 heteroatoms. The summed E-state index contributed by atoms with van der Waals surface area (Å²) in [6, 6.07) is 12.9. The van der Waals surface area contributed by atoms with Crippen LogP contribution in [0.1, 0.15) is 29.8 Å². The van der Waals surface area contributed by atoms with Crippen molar-refractivity contribution in [3.05, 3.63) is 52.2 Å². The third kappa shape index (κ3) is 3.12. The maximum atomic E-state index is 5.36. The minimum absolute atomic E-state index is 0.426. The Hall–Kier alpha value is -1.32. The molecule has 0 aliphatic rings. The van der Waals surface area contributed by atoms with E-state index in [1.165, 1.54) is 10.4 Å². The van der Waals surface area contributed by atoms with E-state index in [0.29, 0.717) is 6.04 Å². The van der Waals surface area contributed by atoms with Gasteiger partial charge in [0.15, 0.2) is 0 Å². The highest BCUT2D eigenvalue weighted by Gasteiger charge is 2.10. The number of ether oxygens (including phenoxy) is 1. The Kier molecular flexibility index (Phi) is 4.79. The van der Waals surface area contributed by atoms with Crippen LogP contribution in [0.2, 0.25) is 0 Å². The SMILES string of the molecule is CCC(NCc1ccccc1OC)c1cccs1. The highest BCUT2D eigenvalue weighted by atomic mass is 32.1. The van der Waals surface area contributed by atoms with Crippen molar-refractivity contribution in [3.8, 4) is 5.75 Å². The van der Waals surface area contributed by atoms with E-state index in [4.69, 9.17) is 4.74 Å². The Labute approximate surface area is 113 Å². The quantitative estimate of drug-likeness (QED) is 0.848. The van der Waals surface area contributed by atoms with Gasteiger partial charge in [-0.3, -0.25) is 0 Å². The molecule has 1 unspecified atom stereocenters. The van der Waals surface area contributed by atoms with Crippen LogP contribution in [0.4, 0.5) is 0 Å². The third-order valence-electron chi connectivity index (χ3n) is 3.03. The van der Waals surface area contributed by atoms with Crippen LogP contribution in [0.3, 0.4) is 0 Å². The van der Waals surface area contributed by atoms with Gasteiger partial charge < -0.3 is 10.1 Å². The smallest absolute Gasteiger partial charge is 0.123 e. The average Bonchev–Trinajstić information content (AvgIpc) is 2.94. The van der Waals surface area contributed by atoms with Crippen molar-refractivity contribution < 1.29 is 4.74 Å². The molecular weight excluding hydrogens is 242 g/mol. The molecule has 2 aromatic rings. The first-order chi connectivity index (χ1) is 8.85. The predicted octanol–water partition coefficient (Wildman–Crippen LogP) is 4.00. The number of rotatable bonds is 6. The van der Waals surface area contributed by atoms with E-state index in [2.05, 4.69) is 35.8 Å². The van der Waals surface area contributed by atoms with Crippen LogP contribution in [0.5, 0.6) is 5.75 Å². The highest BCUT2D eigenvalue weighted by molar-refractivity contribution is 7.10. The van der Waals surface area contributed by atoms with Crippen molar-refractivity contribution in [1.82, 2.24) is 5.32 Å². The fourth-order valence-electron chi connectivity index (χ4n) is 2.02. The molecule has 0 saturated heterocycles. The topological polar surface area (TPSA) is 21.3 Å². The van der Waals surface area contributed by atoms with Crippen molar-refractivity contribution in [2.24, 2.45) is 0 Å². The van der Waals surface area contributed by atoms with Crippen molar-refractivity contribution >= 4 is 11.3 Å². The zero-order valence-corrected chi connectivity index (χ0v) is 11.7. The molecule has 0 radical (unpaired) electrons. The monoisotopic (exact) mass is 261 g/mol. The van der Waals surface area contributed by atoms with Gasteiger partial charge in [-0.15, -0.1) is 11.3 Å². The Morgan fingerprint density at radius 2 is 2.06 bits per heavy atom. The molecule has 2 nitrogen and oxygen atoms in total. The fourth-order valence-corrected chi connectivity index (χ4v) is 2.90. The van der Waals surface area contributed by atoms with Gasteiger partial charge in [-0.05, 0) is 23.9 Å². The third-order valence-corrected chi connectivity index (χ3v) is 4.01. The van der Waals surface area contributed by atoms with E-state index < -0.39 is 0 Å². The molecule has 1 aromatic carbocycles. The van der Waals surface area contributed by atoms with Crippen molar-refractivity contribution in [2.75, 3.05) is 7.11 Å². The highest BCUT2D eigenvalue weighted by Crippen LogP contribution is 2.23. The summed E-state index contributed by atoms with van der Waals surface area (Å²) in [5, 5.41) is 5.72. The van der Waals surface area contributed by atoms with Crippen molar-refractivity contribution in [1.29, 1.82) is 0 Å². The molecule has 18 heavy (non-hydrogen) atoms. The van der Waals surface area contributed by atoms with Crippen molar-refractivity contribution in [2.45, 2.75) is 25.9 Å². The minimum atomic E-state index is 0.426. The predicted molar refractivity (Wildman–Crippen MR) is 77.2 cm³/mol.